The van der Waals surface area contributed by atoms with Crippen LogP contribution in [0, 0.1) is 13.8 Å². The number of sulfonamides is 1. The molecule has 0 radical (unpaired) electrons. The molecule has 0 N–H and O–H groups in total. The smallest absolute Gasteiger partial charge is 0.243 e. The van der Waals surface area contributed by atoms with Crippen molar-refractivity contribution in [2.75, 3.05) is 45.3 Å². The Hall–Kier alpha value is -2.25. The normalized spacial score (nSPS) is 15.6. The van der Waals surface area contributed by atoms with Gasteiger partial charge in [-0.15, -0.1) is 0 Å². The molecule has 7 heteroatoms. The first-order chi connectivity index (χ1) is 12.9. The molecule has 0 aromatic heterocycles. The molecule has 0 amide bonds. The molecule has 0 atom stereocenters. The summed E-state index contributed by atoms with van der Waals surface area (Å²) in [5.74, 6) is 0.920. The lowest BCUT2D eigenvalue weighted by Gasteiger charge is -2.36. The van der Waals surface area contributed by atoms with Crippen molar-refractivity contribution in [2.24, 2.45) is 0 Å². The van der Waals surface area contributed by atoms with Gasteiger partial charge < -0.3 is 14.4 Å². The number of benzene rings is 2. The highest BCUT2D eigenvalue weighted by Crippen LogP contribution is 2.31. The molecular weight excluding hydrogens is 364 g/mol. The second-order valence-electron chi connectivity index (χ2n) is 6.70. The third-order valence-corrected chi connectivity index (χ3v) is 6.83. The van der Waals surface area contributed by atoms with Gasteiger partial charge in [0, 0.05) is 37.9 Å². The van der Waals surface area contributed by atoms with Gasteiger partial charge >= 0.3 is 0 Å². The van der Waals surface area contributed by atoms with E-state index in [2.05, 4.69) is 36.9 Å². The standard InChI is InChI=1S/C20H26N2O4S/c1-15-5-6-16(2)18(13-15)21-9-11-22(12-10-21)27(23,24)17-7-8-19(25-3)20(14-17)26-4/h5-8,13-14H,9-12H2,1-4H3. The summed E-state index contributed by atoms with van der Waals surface area (Å²) in [6.07, 6.45) is 0. The molecule has 146 valence electrons. The number of nitrogens with zero attached hydrogens (tertiary/aromatic N) is 2. The fourth-order valence-electron chi connectivity index (χ4n) is 3.36. The molecule has 1 saturated heterocycles. The highest BCUT2D eigenvalue weighted by molar-refractivity contribution is 7.89. The minimum absolute atomic E-state index is 0.223. The molecule has 0 bridgehead atoms. The Labute approximate surface area is 161 Å². The second-order valence-corrected chi connectivity index (χ2v) is 8.64. The van der Waals surface area contributed by atoms with Crippen molar-refractivity contribution in [1.82, 2.24) is 4.31 Å². The zero-order valence-corrected chi connectivity index (χ0v) is 17.0. The van der Waals surface area contributed by atoms with Crippen LogP contribution in [0.1, 0.15) is 11.1 Å². The molecule has 2 aromatic rings. The maximum absolute atomic E-state index is 13.0. The number of rotatable bonds is 5. The third-order valence-electron chi connectivity index (χ3n) is 4.94. The average molecular weight is 391 g/mol. The van der Waals surface area contributed by atoms with Crippen LogP contribution in [-0.4, -0.2) is 53.1 Å². The number of aryl methyl sites for hydroxylation is 2. The summed E-state index contributed by atoms with van der Waals surface area (Å²) in [4.78, 5) is 2.48. The van der Waals surface area contributed by atoms with Crippen molar-refractivity contribution in [2.45, 2.75) is 18.7 Å². The monoisotopic (exact) mass is 390 g/mol. The van der Waals surface area contributed by atoms with Gasteiger partial charge in [-0.05, 0) is 43.2 Å². The zero-order chi connectivity index (χ0) is 19.6. The zero-order valence-electron chi connectivity index (χ0n) is 16.2. The molecular formula is C20H26N2O4S. The number of hydrogen-bond acceptors (Lipinski definition) is 5. The summed E-state index contributed by atoms with van der Waals surface area (Å²) in [5.41, 5.74) is 3.59. The summed E-state index contributed by atoms with van der Waals surface area (Å²) in [5, 5.41) is 0. The summed E-state index contributed by atoms with van der Waals surface area (Å²) >= 11 is 0. The molecule has 0 aliphatic carbocycles. The number of methoxy groups -OCH3 is 2. The topological polar surface area (TPSA) is 59.1 Å². The van der Waals surface area contributed by atoms with Crippen LogP contribution >= 0.6 is 0 Å². The predicted octanol–water partition coefficient (Wildman–Crippen LogP) is 2.83. The first-order valence-corrected chi connectivity index (χ1v) is 10.3. The Kier molecular flexibility index (Phi) is 5.62. The first-order valence-electron chi connectivity index (χ1n) is 8.91. The average Bonchev–Trinajstić information content (AvgIpc) is 2.69. The molecule has 1 fully saturated rings. The van der Waals surface area contributed by atoms with E-state index >= 15 is 0 Å². The molecule has 1 aliphatic rings. The summed E-state index contributed by atoms with van der Waals surface area (Å²) < 4.78 is 38.0. The number of piperazine rings is 1. The third kappa shape index (κ3) is 3.89. The van der Waals surface area contributed by atoms with E-state index in [0.29, 0.717) is 37.7 Å². The van der Waals surface area contributed by atoms with Crippen LogP contribution in [0.15, 0.2) is 41.3 Å². The van der Waals surface area contributed by atoms with Crippen molar-refractivity contribution in [3.8, 4) is 11.5 Å². The molecule has 27 heavy (non-hydrogen) atoms. The van der Waals surface area contributed by atoms with Crippen molar-refractivity contribution in [3.05, 3.63) is 47.5 Å². The van der Waals surface area contributed by atoms with Gasteiger partial charge in [0.05, 0.1) is 19.1 Å². The van der Waals surface area contributed by atoms with Crippen LogP contribution in [0.4, 0.5) is 5.69 Å². The Morgan fingerprint density at radius 3 is 2.15 bits per heavy atom. The maximum atomic E-state index is 13.0. The molecule has 0 spiro atoms. The lowest BCUT2D eigenvalue weighted by atomic mass is 10.1. The van der Waals surface area contributed by atoms with E-state index in [0.717, 1.165) is 0 Å². The van der Waals surface area contributed by atoms with Crippen molar-refractivity contribution in [1.29, 1.82) is 0 Å². The Morgan fingerprint density at radius 2 is 1.52 bits per heavy atom. The molecule has 3 rings (SSSR count). The Balaban J connectivity index is 1.78. The van der Waals surface area contributed by atoms with Gasteiger partial charge in [-0.1, -0.05) is 12.1 Å². The lowest BCUT2D eigenvalue weighted by Crippen LogP contribution is -2.48. The molecule has 0 unspecified atom stereocenters. The van der Waals surface area contributed by atoms with Crippen LogP contribution in [-0.2, 0) is 10.0 Å². The minimum Gasteiger partial charge on any atom is -0.493 e. The summed E-state index contributed by atoms with van der Waals surface area (Å²) in [7, 11) is -0.549. The van der Waals surface area contributed by atoms with E-state index in [1.54, 1.807) is 12.1 Å². The maximum Gasteiger partial charge on any atom is 0.243 e. The molecule has 2 aromatic carbocycles. The largest absolute Gasteiger partial charge is 0.493 e. The van der Waals surface area contributed by atoms with E-state index in [-0.39, 0.29) is 4.90 Å². The number of hydrogen-bond donors (Lipinski definition) is 0. The van der Waals surface area contributed by atoms with Gasteiger partial charge in [0.2, 0.25) is 10.0 Å². The van der Waals surface area contributed by atoms with Crippen LogP contribution in [0.25, 0.3) is 0 Å². The van der Waals surface area contributed by atoms with Crippen molar-refractivity contribution < 1.29 is 17.9 Å². The second kappa shape index (κ2) is 7.78. The summed E-state index contributed by atoms with van der Waals surface area (Å²) in [6, 6.07) is 11.1. The fraction of sp³-hybridized carbons (Fsp3) is 0.400. The van der Waals surface area contributed by atoms with Gasteiger partial charge in [-0.2, -0.15) is 4.31 Å². The van der Waals surface area contributed by atoms with Crippen LogP contribution in [0.3, 0.4) is 0 Å². The quantitative estimate of drug-likeness (QED) is 0.786. The van der Waals surface area contributed by atoms with E-state index < -0.39 is 10.0 Å². The SMILES string of the molecule is COc1ccc(S(=O)(=O)N2CCN(c3cc(C)ccc3C)CC2)cc1OC. The molecule has 6 nitrogen and oxygen atoms in total. The van der Waals surface area contributed by atoms with E-state index in [9.17, 15) is 8.42 Å². The minimum atomic E-state index is -3.57. The van der Waals surface area contributed by atoms with E-state index in [4.69, 9.17) is 9.47 Å². The van der Waals surface area contributed by atoms with E-state index in [1.165, 1.54) is 41.4 Å². The first kappa shape index (κ1) is 19.5. The fourth-order valence-corrected chi connectivity index (χ4v) is 4.79. The van der Waals surface area contributed by atoms with Gasteiger partial charge in [0.15, 0.2) is 11.5 Å². The van der Waals surface area contributed by atoms with Crippen LogP contribution in [0.2, 0.25) is 0 Å². The van der Waals surface area contributed by atoms with E-state index in [1.807, 2.05) is 0 Å². The lowest BCUT2D eigenvalue weighted by molar-refractivity contribution is 0.353. The van der Waals surface area contributed by atoms with Crippen molar-refractivity contribution in [3.63, 3.8) is 0 Å². The molecule has 0 saturated carbocycles. The predicted molar refractivity (Wildman–Crippen MR) is 106 cm³/mol. The van der Waals surface area contributed by atoms with Crippen LogP contribution in [0.5, 0.6) is 11.5 Å². The number of anilines is 1. The molecule has 1 heterocycles. The highest BCUT2D eigenvalue weighted by Gasteiger charge is 2.29. The van der Waals surface area contributed by atoms with Gasteiger partial charge in [-0.25, -0.2) is 8.42 Å². The highest BCUT2D eigenvalue weighted by atomic mass is 32.2. The molecule has 1 aliphatic heterocycles. The van der Waals surface area contributed by atoms with Gasteiger partial charge in [0.25, 0.3) is 0 Å². The van der Waals surface area contributed by atoms with Gasteiger partial charge in [0.1, 0.15) is 0 Å². The summed E-state index contributed by atoms with van der Waals surface area (Å²) in [6.45, 7) is 6.38. The van der Waals surface area contributed by atoms with Crippen LogP contribution < -0.4 is 14.4 Å². The Morgan fingerprint density at radius 1 is 0.852 bits per heavy atom. The van der Waals surface area contributed by atoms with Crippen molar-refractivity contribution >= 4 is 15.7 Å². The Bertz CT molecular complexity index is 920. The number of ether oxygens (including phenoxy) is 2. The van der Waals surface area contributed by atoms with Gasteiger partial charge in [-0.3, -0.25) is 0 Å².